The van der Waals surface area contributed by atoms with Crippen molar-refractivity contribution in [2.75, 3.05) is 13.7 Å². The average Bonchev–Trinajstić information content (AvgIpc) is 2.83. The molecule has 0 aromatic heterocycles. The molecule has 1 N–H and O–H groups in total. The molecule has 2 unspecified atom stereocenters. The van der Waals surface area contributed by atoms with Gasteiger partial charge in [0.05, 0.1) is 18.8 Å². The second-order valence-electron chi connectivity index (χ2n) is 5.04. The molecule has 0 saturated carbocycles. The summed E-state index contributed by atoms with van der Waals surface area (Å²) in [5.74, 6) is -0.0159. The van der Waals surface area contributed by atoms with Gasteiger partial charge in [0.15, 0.2) is 0 Å². The Morgan fingerprint density at radius 2 is 2.26 bits per heavy atom. The molecule has 0 spiro atoms. The van der Waals surface area contributed by atoms with Crippen LogP contribution in [0, 0.1) is 0 Å². The molecule has 1 fully saturated rings. The highest BCUT2D eigenvalue weighted by molar-refractivity contribution is 5.93. The van der Waals surface area contributed by atoms with E-state index in [1.807, 2.05) is 12.2 Å². The molecule has 3 aliphatic rings. The number of amides is 1. The summed E-state index contributed by atoms with van der Waals surface area (Å²) in [4.78, 5) is 16.4. The van der Waals surface area contributed by atoms with Crippen LogP contribution in [0.3, 0.4) is 0 Å². The molecule has 3 aliphatic heterocycles. The van der Waals surface area contributed by atoms with Crippen LogP contribution >= 0.6 is 0 Å². The zero-order chi connectivity index (χ0) is 13.4. The van der Waals surface area contributed by atoms with Crippen molar-refractivity contribution >= 4 is 5.91 Å². The molecular weight excluding hydrogens is 238 g/mol. The molecule has 4 heteroatoms. The number of hydrogen-bond donors (Lipinski definition) is 1. The van der Waals surface area contributed by atoms with Gasteiger partial charge in [0, 0.05) is 13.2 Å². The summed E-state index contributed by atoms with van der Waals surface area (Å²) in [5, 5.41) is 2.71. The van der Waals surface area contributed by atoms with E-state index in [9.17, 15) is 4.79 Å². The quantitative estimate of drug-likeness (QED) is 0.811. The zero-order valence-corrected chi connectivity index (χ0v) is 11.3. The molecule has 0 bridgehead atoms. The van der Waals surface area contributed by atoms with Crippen molar-refractivity contribution in [3.05, 3.63) is 47.9 Å². The molecular formula is C15H19N3O. The highest BCUT2D eigenvalue weighted by Crippen LogP contribution is 2.32. The number of carbonyl (C=O) groups is 1. The van der Waals surface area contributed by atoms with Gasteiger partial charge in [-0.25, -0.2) is 0 Å². The first-order valence-electron chi connectivity index (χ1n) is 6.76. The van der Waals surface area contributed by atoms with Crippen LogP contribution in [-0.4, -0.2) is 41.5 Å². The Hall–Kier alpha value is -1.97. The minimum Gasteiger partial charge on any atom is -0.354 e. The fourth-order valence-electron chi connectivity index (χ4n) is 2.93. The van der Waals surface area contributed by atoms with Crippen LogP contribution in [0.5, 0.6) is 0 Å². The van der Waals surface area contributed by atoms with Crippen LogP contribution < -0.4 is 5.32 Å². The highest BCUT2D eigenvalue weighted by Gasteiger charge is 2.40. The molecule has 0 radical (unpaired) electrons. The molecule has 3 heterocycles. The van der Waals surface area contributed by atoms with Crippen LogP contribution in [0.15, 0.2) is 47.9 Å². The summed E-state index contributed by atoms with van der Waals surface area (Å²) in [7, 11) is 1.68. The Morgan fingerprint density at radius 3 is 3.00 bits per heavy atom. The van der Waals surface area contributed by atoms with Gasteiger partial charge in [0.1, 0.15) is 5.70 Å². The third kappa shape index (κ3) is 1.87. The number of fused-ring (bicyclic) bond motifs is 3. The fourth-order valence-corrected chi connectivity index (χ4v) is 2.93. The Labute approximate surface area is 113 Å². The molecule has 3 rings (SSSR count). The second-order valence-corrected chi connectivity index (χ2v) is 5.04. The minimum atomic E-state index is -0.0159. The van der Waals surface area contributed by atoms with Crippen molar-refractivity contribution in [1.82, 2.24) is 15.1 Å². The monoisotopic (exact) mass is 257 g/mol. The number of nitrogens with zero attached hydrogens (tertiary/aromatic N) is 2. The van der Waals surface area contributed by atoms with Gasteiger partial charge in [-0.05, 0) is 18.1 Å². The van der Waals surface area contributed by atoms with E-state index in [0.29, 0.717) is 6.04 Å². The van der Waals surface area contributed by atoms with Gasteiger partial charge in [-0.15, -0.1) is 0 Å². The smallest absolute Gasteiger partial charge is 0.267 e. The molecule has 1 saturated heterocycles. The van der Waals surface area contributed by atoms with Gasteiger partial charge >= 0.3 is 0 Å². The lowest BCUT2D eigenvalue weighted by Gasteiger charge is -2.28. The average molecular weight is 257 g/mol. The van der Waals surface area contributed by atoms with E-state index in [0.717, 1.165) is 18.8 Å². The Morgan fingerprint density at radius 1 is 1.42 bits per heavy atom. The summed E-state index contributed by atoms with van der Waals surface area (Å²) >= 11 is 0. The van der Waals surface area contributed by atoms with Crippen molar-refractivity contribution in [3.8, 4) is 0 Å². The predicted molar refractivity (Wildman–Crippen MR) is 74.9 cm³/mol. The lowest BCUT2D eigenvalue weighted by Crippen LogP contribution is -2.39. The molecule has 1 amide bonds. The van der Waals surface area contributed by atoms with Crippen molar-refractivity contribution < 1.29 is 4.79 Å². The topological polar surface area (TPSA) is 35.6 Å². The van der Waals surface area contributed by atoms with Gasteiger partial charge in [-0.1, -0.05) is 31.2 Å². The van der Waals surface area contributed by atoms with Crippen molar-refractivity contribution in [2.24, 2.45) is 0 Å². The number of likely N-dealkylation sites (N-methyl/N-ethyl adjacent to an activating group) is 1. The standard InChI is InChI=1S/C15H19N3O/c1-3-11-7-8-12-13-5-4-6-14(15(19)16-2)18(13)10-17(12)9-11/h4-9,12-13H,3,10H2,1-2H3,(H,16,19). The van der Waals surface area contributed by atoms with Crippen LogP contribution in [-0.2, 0) is 4.79 Å². The van der Waals surface area contributed by atoms with Gasteiger partial charge in [-0.3, -0.25) is 4.79 Å². The van der Waals surface area contributed by atoms with Crippen LogP contribution in [0.2, 0.25) is 0 Å². The minimum absolute atomic E-state index is 0.0159. The molecule has 2 atom stereocenters. The molecule has 0 aromatic carbocycles. The SMILES string of the molecule is CCC1=CN2CN3C(C(=O)NC)=CC=CC3C2C=C1. The molecule has 100 valence electrons. The van der Waals surface area contributed by atoms with Crippen molar-refractivity contribution in [3.63, 3.8) is 0 Å². The maximum atomic E-state index is 11.9. The van der Waals surface area contributed by atoms with E-state index < -0.39 is 0 Å². The van der Waals surface area contributed by atoms with Crippen molar-refractivity contribution in [1.29, 1.82) is 0 Å². The van der Waals surface area contributed by atoms with E-state index in [1.54, 1.807) is 7.05 Å². The van der Waals surface area contributed by atoms with E-state index >= 15 is 0 Å². The third-order valence-corrected chi connectivity index (χ3v) is 3.99. The number of carbonyl (C=O) groups excluding carboxylic acids is 1. The lowest BCUT2D eigenvalue weighted by atomic mass is 10.0. The number of allylic oxidation sites excluding steroid dienone is 4. The van der Waals surface area contributed by atoms with E-state index in [2.05, 4.69) is 46.5 Å². The fraction of sp³-hybridized carbons (Fsp3) is 0.400. The molecule has 0 aromatic rings. The first-order valence-corrected chi connectivity index (χ1v) is 6.76. The zero-order valence-electron chi connectivity index (χ0n) is 11.3. The predicted octanol–water partition coefficient (Wildman–Crippen LogP) is 1.36. The number of rotatable bonds is 2. The maximum Gasteiger partial charge on any atom is 0.267 e. The molecule has 4 nitrogen and oxygen atoms in total. The Kier molecular flexibility index (Phi) is 2.93. The maximum absolute atomic E-state index is 11.9. The van der Waals surface area contributed by atoms with Crippen LogP contribution in [0.1, 0.15) is 13.3 Å². The Bertz CT molecular complexity index is 515. The van der Waals surface area contributed by atoms with E-state index in [4.69, 9.17) is 0 Å². The summed E-state index contributed by atoms with van der Waals surface area (Å²) in [6, 6.07) is 0.586. The lowest BCUT2D eigenvalue weighted by molar-refractivity contribution is -0.118. The number of nitrogens with one attached hydrogen (secondary N) is 1. The summed E-state index contributed by atoms with van der Waals surface area (Å²) < 4.78 is 0. The van der Waals surface area contributed by atoms with Crippen molar-refractivity contribution in [2.45, 2.75) is 25.4 Å². The summed E-state index contributed by atoms with van der Waals surface area (Å²) in [6.45, 7) is 2.93. The highest BCUT2D eigenvalue weighted by atomic mass is 16.2. The molecule has 0 aliphatic carbocycles. The van der Waals surface area contributed by atoms with E-state index in [1.165, 1.54) is 5.57 Å². The largest absolute Gasteiger partial charge is 0.354 e. The van der Waals surface area contributed by atoms with Gasteiger partial charge in [0.2, 0.25) is 0 Å². The van der Waals surface area contributed by atoms with Gasteiger partial charge < -0.3 is 15.1 Å². The van der Waals surface area contributed by atoms with Crippen LogP contribution in [0.25, 0.3) is 0 Å². The first kappa shape index (κ1) is 12.1. The van der Waals surface area contributed by atoms with E-state index in [-0.39, 0.29) is 11.9 Å². The second kappa shape index (κ2) is 4.61. The third-order valence-electron chi connectivity index (χ3n) is 3.99. The normalized spacial score (nSPS) is 27.7. The van der Waals surface area contributed by atoms with Gasteiger partial charge in [-0.2, -0.15) is 0 Å². The number of hydrogen-bond acceptors (Lipinski definition) is 3. The Balaban J connectivity index is 1.89. The molecule has 19 heavy (non-hydrogen) atoms. The summed E-state index contributed by atoms with van der Waals surface area (Å²) in [6.07, 6.45) is 13.8. The van der Waals surface area contributed by atoms with Gasteiger partial charge in [0.25, 0.3) is 5.91 Å². The first-order chi connectivity index (χ1) is 9.24. The van der Waals surface area contributed by atoms with Crippen LogP contribution in [0.4, 0.5) is 0 Å². The summed E-state index contributed by atoms with van der Waals surface area (Å²) in [5.41, 5.74) is 2.09.